The minimum Gasteiger partial charge on any atom is -0.381 e. The summed E-state index contributed by atoms with van der Waals surface area (Å²) < 4.78 is 33.0. The summed E-state index contributed by atoms with van der Waals surface area (Å²) in [6.07, 6.45) is 4.45. The normalized spacial score (nSPS) is 17.0. The third-order valence-corrected chi connectivity index (χ3v) is 6.47. The fraction of sp³-hybridized carbons (Fsp3) is 0.400. The average molecular weight is 338 g/mol. The second kappa shape index (κ2) is 6.87. The van der Waals surface area contributed by atoms with E-state index < -0.39 is 10.0 Å². The van der Waals surface area contributed by atoms with Crippen LogP contribution >= 0.6 is 11.3 Å². The fourth-order valence-electron chi connectivity index (χ4n) is 2.57. The van der Waals surface area contributed by atoms with Crippen LogP contribution in [0.25, 0.3) is 0 Å². The van der Waals surface area contributed by atoms with E-state index in [1.165, 1.54) is 6.20 Å². The maximum atomic E-state index is 13.0. The van der Waals surface area contributed by atoms with E-state index in [0.29, 0.717) is 19.8 Å². The van der Waals surface area contributed by atoms with E-state index >= 15 is 0 Å². The van der Waals surface area contributed by atoms with Crippen LogP contribution < -0.4 is 0 Å². The monoisotopic (exact) mass is 338 g/mol. The van der Waals surface area contributed by atoms with Crippen LogP contribution in [-0.4, -0.2) is 37.0 Å². The van der Waals surface area contributed by atoms with E-state index in [9.17, 15) is 8.42 Å². The van der Waals surface area contributed by atoms with Gasteiger partial charge in [0.2, 0.25) is 10.0 Å². The lowest BCUT2D eigenvalue weighted by Gasteiger charge is -2.33. The number of rotatable bonds is 5. The van der Waals surface area contributed by atoms with E-state index in [1.54, 1.807) is 34.0 Å². The first-order chi connectivity index (χ1) is 10.7. The van der Waals surface area contributed by atoms with Crippen LogP contribution in [0.3, 0.4) is 0 Å². The van der Waals surface area contributed by atoms with Crippen molar-refractivity contribution < 1.29 is 13.2 Å². The zero-order valence-corrected chi connectivity index (χ0v) is 13.7. The Labute approximate surface area is 134 Å². The van der Waals surface area contributed by atoms with Gasteiger partial charge in [0.25, 0.3) is 0 Å². The lowest BCUT2D eigenvalue weighted by atomic mass is 10.1. The molecule has 22 heavy (non-hydrogen) atoms. The van der Waals surface area contributed by atoms with Crippen LogP contribution in [0, 0.1) is 0 Å². The smallest absolute Gasteiger partial charge is 0.245 e. The van der Waals surface area contributed by atoms with Gasteiger partial charge in [0.1, 0.15) is 4.90 Å². The van der Waals surface area contributed by atoms with Crippen LogP contribution in [0.5, 0.6) is 0 Å². The molecule has 0 bridgehead atoms. The van der Waals surface area contributed by atoms with Crippen molar-refractivity contribution in [1.29, 1.82) is 0 Å². The second-order valence-corrected chi connectivity index (χ2v) is 8.08. The molecule has 0 N–H and O–H groups in total. The molecule has 118 valence electrons. The predicted octanol–water partition coefficient (Wildman–Crippen LogP) is 2.51. The maximum absolute atomic E-state index is 13.0. The van der Waals surface area contributed by atoms with Gasteiger partial charge in [0.15, 0.2) is 0 Å². The molecule has 0 radical (unpaired) electrons. The molecule has 0 atom stereocenters. The highest BCUT2D eigenvalue weighted by molar-refractivity contribution is 7.89. The Bertz CT molecular complexity index is 681. The lowest BCUT2D eigenvalue weighted by molar-refractivity contribution is 0.0571. The van der Waals surface area contributed by atoms with Crippen molar-refractivity contribution in [2.75, 3.05) is 13.2 Å². The molecule has 0 aliphatic carbocycles. The van der Waals surface area contributed by atoms with Crippen molar-refractivity contribution in [3.63, 3.8) is 0 Å². The molecular weight excluding hydrogens is 320 g/mol. The van der Waals surface area contributed by atoms with Crippen molar-refractivity contribution in [2.45, 2.75) is 30.3 Å². The summed E-state index contributed by atoms with van der Waals surface area (Å²) in [5.74, 6) is 0. The molecule has 0 saturated carbocycles. The molecule has 1 saturated heterocycles. The van der Waals surface area contributed by atoms with Gasteiger partial charge in [0.05, 0.1) is 0 Å². The number of thiophene rings is 1. The molecule has 2 aromatic rings. The molecule has 3 heterocycles. The molecule has 1 fully saturated rings. The van der Waals surface area contributed by atoms with Gasteiger partial charge in [0, 0.05) is 43.1 Å². The number of hydrogen-bond donors (Lipinski definition) is 0. The van der Waals surface area contributed by atoms with Crippen molar-refractivity contribution >= 4 is 21.4 Å². The highest BCUT2D eigenvalue weighted by Gasteiger charge is 2.33. The third kappa shape index (κ3) is 3.38. The van der Waals surface area contributed by atoms with Crippen LogP contribution in [0.1, 0.15) is 17.7 Å². The average Bonchev–Trinajstić information content (AvgIpc) is 3.07. The summed E-state index contributed by atoms with van der Waals surface area (Å²) in [6.45, 7) is 1.61. The summed E-state index contributed by atoms with van der Waals surface area (Å²) in [5.41, 5.74) is 0. The number of aromatic nitrogens is 1. The topological polar surface area (TPSA) is 59.5 Å². The largest absolute Gasteiger partial charge is 0.381 e. The Balaban J connectivity index is 1.93. The summed E-state index contributed by atoms with van der Waals surface area (Å²) >= 11 is 1.57. The van der Waals surface area contributed by atoms with Gasteiger partial charge in [-0.15, -0.1) is 11.3 Å². The third-order valence-electron chi connectivity index (χ3n) is 3.73. The quantitative estimate of drug-likeness (QED) is 0.840. The predicted molar refractivity (Wildman–Crippen MR) is 85.1 cm³/mol. The first-order valence-corrected chi connectivity index (χ1v) is 9.52. The van der Waals surface area contributed by atoms with Crippen molar-refractivity contribution in [3.8, 4) is 0 Å². The van der Waals surface area contributed by atoms with E-state index in [4.69, 9.17) is 4.74 Å². The van der Waals surface area contributed by atoms with Gasteiger partial charge >= 0.3 is 0 Å². The maximum Gasteiger partial charge on any atom is 0.245 e. The van der Waals surface area contributed by atoms with Crippen LogP contribution in [-0.2, 0) is 21.3 Å². The Hall–Kier alpha value is -1.28. The van der Waals surface area contributed by atoms with E-state index in [0.717, 1.165) is 17.7 Å². The molecule has 0 amide bonds. The highest BCUT2D eigenvalue weighted by atomic mass is 32.2. The van der Waals surface area contributed by atoms with Crippen LogP contribution in [0.4, 0.5) is 0 Å². The van der Waals surface area contributed by atoms with Crippen molar-refractivity contribution in [2.24, 2.45) is 0 Å². The molecule has 1 aliphatic rings. The first-order valence-electron chi connectivity index (χ1n) is 7.20. The van der Waals surface area contributed by atoms with Gasteiger partial charge < -0.3 is 4.74 Å². The van der Waals surface area contributed by atoms with E-state index in [1.807, 2.05) is 17.5 Å². The number of hydrogen-bond acceptors (Lipinski definition) is 5. The lowest BCUT2D eigenvalue weighted by Crippen LogP contribution is -2.42. The fourth-order valence-corrected chi connectivity index (χ4v) is 4.99. The van der Waals surface area contributed by atoms with Gasteiger partial charge in [-0.05, 0) is 36.4 Å². The molecule has 1 aliphatic heterocycles. The minimum absolute atomic E-state index is 0.0268. The number of sulfonamides is 1. The molecule has 0 spiro atoms. The van der Waals surface area contributed by atoms with Gasteiger partial charge in [-0.1, -0.05) is 6.07 Å². The second-order valence-electron chi connectivity index (χ2n) is 5.16. The van der Waals surface area contributed by atoms with Gasteiger partial charge in [-0.3, -0.25) is 4.98 Å². The van der Waals surface area contributed by atoms with E-state index in [2.05, 4.69) is 4.98 Å². The zero-order valence-electron chi connectivity index (χ0n) is 12.1. The summed E-state index contributed by atoms with van der Waals surface area (Å²) in [4.78, 5) is 5.24. The summed E-state index contributed by atoms with van der Waals surface area (Å²) in [7, 11) is -3.55. The molecule has 7 heteroatoms. The molecular formula is C15H18N2O3S2. The van der Waals surface area contributed by atoms with Crippen LogP contribution in [0.2, 0.25) is 0 Å². The van der Waals surface area contributed by atoms with Gasteiger partial charge in [-0.25, -0.2) is 8.42 Å². The van der Waals surface area contributed by atoms with Gasteiger partial charge in [-0.2, -0.15) is 4.31 Å². The summed E-state index contributed by atoms with van der Waals surface area (Å²) in [6, 6.07) is 7.14. The first kappa shape index (κ1) is 15.6. The number of pyridine rings is 1. The Morgan fingerprint density at radius 1 is 1.27 bits per heavy atom. The minimum atomic E-state index is -3.55. The summed E-state index contributed by atoms with van der Waals surface area (Å²) in [5, 5.41) is 1.97. The zero-order chi connectivity index (χ0) is 15.4. The molecule has 3 rings (SSSR count). The Morgan fingerprint density at radius 3 is 2.73 bits per heavy atom. The molecule has 0 unspecified atom stereocenters. The molecule has 5 nitrogen and oxygen atoms in total. The molecule has 0 aromatic carbocycles. The van der Waals surface area contributed by atoms with Crippen LogP contribution in [0.15, 0.2) is 46.9 Å². The number of nitrogens with zero attached hydrogens (tertiary/aromatic N) is 2. The van der Waals surface area contributed by atoms with Crippen molar-refractivity contribution in [3.05, 3.63) is 46.9 Å². The van der Waals surface area contributed by atoms with E-state index in [-0.39, 0.29) is 10.9 Å². The SMILES string of the molecule is O=S(=O)(c1cccnc1)N(Cc1cccs1)C1CCOCC1. The Kier molecular flexibility index (Phi) is 4.87. The Morgan fingerprint density at radius 2 is 2.09 bits per heavy atom. The van der Waals surface area contributed by atoms with Crippen molar-refractivity contribution in [1.82, 2.24) is 9.29 Å². The standard InChI is InChI=1S/C15H18N2O3S2/c18-22(19,15-4-1-7-16-11-15)17(12-14-3-2-10-21-14)13-5-8-20-9-6-13/h1-4,7,10-11,13H,5-6,8-9,12H2. The highest BCUT2D eigenvalue weighted by Crippen LogP contribution is 2.26. The molecule has 2 aromatic heterocycles. The number of ether oxygens (including phenoxy) is 1.